The molecular weight excluding hydrogens is 370 g/mol. The van der Waals surface area contributed by atoms with Gasteiger partial charge in [0.15, 0.2) is 17.5 Å². The Morgan fingerprint density at radius 3 is 2.52 bits per heavy atom. The van der Waals surface area contributed by atoms with Gasteiger partial charge in [0.05, 0.1) is 16.6 Å². The van der Waals surface area contributed by atoms with Crippen LogP contribution in [0.2, 0.25) is 0 Å². The second-order valence-corrected chi connectivity index (χ2v) is 5.55. The van der Waals surface area contributed by atoms with Crippen LogP contribution < -0.4 is 16.4 Å². The maximum atomic E-state index is 13.6. The standard InChI is InChI=1S/C17H11F4N3O3/c18-8-1-4-12-11(7-8)23-16(26)17(27)24(12)6-5-22-15(25)9-2-3-10(19)14(21)13(9)20/h1-4,7H,5-6H2,(H,22,25)(H,23,26). The van der Waals surface area contributed by atoms with Crippen LogP contribution in [0.1, 0.15) is 10.4 Å². The maximum absolute atomic E-state index is 13.6. The summed E-state index contributed by atoms with van der Waals surface area (Å²) in [5, 5.41) is 2.24. The number of benzene rings is 2. The van der Waals surface area contributed by atoms with Crippen LogP contribution in [-0.4, -0.2) is 22.0 Å². The first-order valence-electron chi connectivity index (χ1n) is 7.63. The molecule has 0 aliphatic carbocycles. The quantitative estimate of drug-likeness (QED) is 0.410. The lowest BCUT2D eigenvalue weighted by atomic mass is 10.2. The van der Waals surface area contributed by atoms with E-state index in [1.165, 1.54) is 6.07 Å². The van der Waals surface area contributed by atoms with Gasteiger partial charge in [-0.25, -0.2) is 17.6 Å². The van der Waals surface area contributed by atoms with Crippen molar-refractivity contribution in [2.75, 3.05) is 6.54 Å². The second-order valence-electron chi connectivity index (χ2n) is 5.55. The Labute approximate surface area is 148 Å². The van der Waals surface area contributed by atoms with Crippen LogP contribution in [0, 0.1) is 23.3 Å². The summed E-state index contributed by atoms with van der Waals surface area (Å²) in [7, 11) is 0. The number of H-pyrrole nitrogens is 1. The average molecular weight is 381 g/mol. The van der Waals surface area contributed by atoms with Crippen LogP contribution in [0.25, 0.3) is 11.0 Å². The molecular formula is C17H11F4N3O3. The number of halogens is 4. The Hall–Kier alpha value is -3.43. The predicted molar refractivity (Wildman–Crippen MR) is 87.4 cm³/mol. The third kappa shape index (κ3) is 3.46. The van der Waals surface area contributed by atoms with Crippen LogP contribution in [0.5, 0.6) is 0 Å². The molecule has 1 aromatic heterocycles. The summed E-state index contributed by atoms with van der Waals surface area (Å²) in [6.45, 7) is -0.422. The van der Waals surface area contributed by atoms with Gasteiger partial charge in [0.25, 0.3) is 5.91 Å². The van der Waals surface area contributed by atoms with Crippen molar-refractivity contribution in [3.05, 3.63) is 79.9 Å². The summed E-state index contributed by atoms with van der Waals surface area (Å²) in [6.07, 6.45) is 0. The molecule has 0 atom stereocenters. The number of carbonyl (C=O) groups is 1. The Balaban J connectivity index is 1.83. The summed E-state index contributed by atoms with van der Waals surface area (Å²) in [4.78, 5) is 37.9. The molecule has 0 unspecified atom stereocenters. The van der Waals surface area contributed by atoms with E-state index in [1.807, 2.05) is 0 Å². The van der Waals surface area contributed by atoms with E-state index in [9.17, 15) is 31.9 Å². The molecule has 0 saturated carbocycles. The molecule has 10 heteroatoms. The van der Waals surface area contributed by atoms with E-state index in [2.05, 4.69) is 10.3 Å². The lowest BCUT2D eigenvalue weighted by molar-refractivity contribution is 0.0947. The monoisotopic (exact) mass is 381 g/mol. The predicted octanol–water partition coefficient (Wildman–Crippen LogP) is 1.68. The number of aromatic nitrogens is 2. The summed E-state index contributed by atoms with van der Waals surface area (Å²) in [6, 6.07) is 4.78. The van der Waals surface area contributed by atoms with Crippen molar-refractivity contribution < 1.29 is 22.4 Å². The molecule has 2 N–H and O–H groups in total. The smallest absolute Gasteiger partial charge is 0.316 e. The van der Waals surface area contributed by atoms with Gasteiger partial charge in [-0.1, -0.05) is 0 Å². The van der Waals surface area contributed by atoms with Gasteiger partial charge in [-0.15, -0.1) is 0 Å². The maximum Gasteiger partial charge on any atom is 0.316 e. The molecule has 6 nitrogen and oxygen atoms in total. The fourth-order valence-electron chi connectivity index (χ4n) is 2.55. The van der Waals surface area contributed by atoms with Crippen molar-refractivity contribution in [2.45, 2.75) is 6.54 Å². The summed E-state index contributed by atoms with van der Waals surface area (Å²) in [5.74, 6) is -6.49. The number of nitrogens with one attached hydrogen (secondary N) is 2. The molecule has 0 bridgehead atoms. The van der Waals surface area contributed by atoms with Gasteiger partial charge in [-0.2, -0.15) is 0 Å². The third-order valence-electron chi connectivity index (χ3n) is 3.84. The zero-order valence-electron chi connectivity index (χ0n) is 13.5. The van der Waals surface area contributed by atoms with Gasteiger partial charge < -0.3 is 14.9 Å². The number of nitrogens with zero attached hydrogens (tertiary/aromatic N) is 1. The van der Waals surface area contributed by atoms with E-state index in [1.54, 1.807) is 0 Å². The number of fused-ring (bicyclic) bond motifs is 1. The molecule has 3 rings (SSSR count). The van der Waals surface area contributed by atoms with E-state index in [4.69, 9.17) is 0 Å². The van der Waals surface area contributed by atoms with Crippen molar-refractivity contribution in [1.82, 2.24) is 14.9 Å². The molecule has 0 aliphatic heterocycles. The summed E-state index contributed by atoms with van der Waals surface area (Å²) in [5.41, 5.74) is -2.32. The van der Waals surface area contributed by atoms with Crippen LogP contribution >= 0.6 is 0 Å². The average Bonchev–Trinajstić information content (AvgIpc) is 2.62. The number of rotatable bonds is 4. The lowest BCUT2D eigenvalue weighted by Gasteiger charge is -2.11. The zero-order valence-corrected chi connectivity index (χ0v) is 13.5. The number of hydrogen-bond acceptors (Lipinski definition) is 3. The van der Waals surface area contributed by atoms with E-state index in [0.717, 1.165) is 22.8 Å². The Bertz CT molecular complexity index is 1170. The van der Waals surface area contributed by atoms with E-state index < -0.39 is 45.9 Å². The van der Waals surface area contributed by atoms with Crippen molar-refractivity contribution in [3.8, 4) is 0 Å². The third-order valence-corrected chi connectivity index (χ3v) is 3.84. The molecule has 2 aromatic carbocycles. The van der Waals surface area contributed by atoms with Crippen LogP contribution in [0.4, 0.5) is 17.6 Å². The fraction of sp³-hybridized carbons (Fsp3) is 0.118. The molecule has 0 spiro atoms. The molecule has 0 fully saturated rings. The minimum absolute atomic E-state index is 0.0811. The highest BCUT2D eigenvalue weighted by Gasteiger charge is 2.18. The van der Waals surface area contributed by atoms with Gasteiger partial charge in [0.2, 0.25) is 0 Å². The molecule has 1 amide bonds. The highest BCUT2D eigenvalue weighted by molar-refractivity contribution is 5.94. The first-order valence-corrected chi connectivity index (χ1v) is 7.63. The molecule has 0 radical (unpaired) electrons. The van der Waals surface area contributed by atoms with E-state index in [-0.39, 0.29) is 24.1 Å². The van der Waals surface area contributed by atoms with Crippen molar-refractivity contribution in [1.29, 1.82) is 0 Å². The zero-order chi connectivity index (χ0) is 19.7. The van der Waals surface area contributed by atoms with Crippen LogP contribution in [-0.2, 0) is 6.54 Å². The molecule has 3 aromatic rings. The number of hydrogen-bond donors (Lipinski definition) is 2. The number of amides is 1. The number of carbonyl (C=O) groups excluding carboxylic acids is 1. The second kappa shape index (κ2) is 7.06. The Kier molecular flexibility index (Phi) is 4.80. The van der Waals surface area contributed by atoms with E-state index in [0.29, 0.717) is 6.07 Å². The van der Waals surface area contributed by atoms with Gasteiger partial charge >= 0.3 is 11.1 Å². The first kappa shape index (κ1) is 18.4. The molecule has 0 saturated heterocycles. The lowest BCUT2D eigenvalue weighted by Crippen LogP contribution is -2.39. The minimum Gasteiger partial charge on any atom is -0.350 e. The Morgan fingerprint density at radius 2 is 1.78 bits per heavy atom. The number of aromatic amines is 1. The minimum atomic E-state index is -1.78. The molecule has 1 heterocycles. The van der Waals surface area contributed by atoms with Gasteiger partial charge in [-0.3, -0.25) is 14.4 Å². The van der Waals surface area contributed by atoms with Gasteiger partial charge in [0, 0.05) is 13.1 Å². The van der Waals surface area contributed by atoms with E-state index >= 15 is 0 Å². The highest BCUT2D eigenvalue weighted by Crippen LogP contribution is 2.15. The fourth-order valence-corrected chi connectivity index (χ4v) is 2.55. The van der Waals surface area contributed by atoms with Gasteiger partial charge in [0.1, 0.15) is 5.82 Å². The normalized spacial score (nSPS) is 11.0. The summed E-state index contributed by atoms with van der Waals surface area (Å²) >= 11 is 0. The Morgan fingerprint density at radius 1 is 1.04 bits per heavy atom. The van der Waals surface area contributed by atoms with Crippen LogP contribution in [0.3, 0.4) is 0 Å². The van der Waals surface area contributed by atoms with Crippen molar-refractivity contribution >= 4 is 16.9 Å². The SMILES string of the molecule is O=C(NCCn1c(=O)c(=O)[nH]c2cc(F)ccc21)c1ccc(F)c(F)c1F. The largest absolute Gasteiger partial charge is 0.350 e. The summed E-state index contributed by atoms with van der Waals surface area (Å²) < 4.78 is 54.0. The first-order chi connectivity index (χ1) is 12.8. The highest BCUT2D eigenvalue weighted by atomic mass is 19.2. The molecule has 0 aliphatic rings. The van der Waals surface area contributed by atoms with Crippen molar-refractivity contribution in [3.63, 3.8) is 0 Å². The topological polar surface area (TPSA) is 84.0 Å². The van der Waals surface area contributed by atoms with Gasteiger partial charge in [-0.05, 0) is 30.3 Å². The molecule has 140 valence electrons. The molecule has 27 heavy (non-hydrogen) atoms. The van der Waals surface area contributed by atoms with Crippen molar-refractivity contribution in [2.24, 2.45) is 0 Å². The van der Waals surface area contributed by atoms with Crippen LogP contribution in [0.15, 0.2) is 39.9 Å².